The molecule has 90 valence electrons. The smallest absolute Gasteiger partial charge is 0.308 e. The first-order valence-electron chi connectivity index (χ1n) is 5.19. The van der Waals surface area contributed by atoms with Crippen molar-refractivity contribution in [1.29, 1.82) is 0 Å². The van der Waals surface area contributed by atoms with Crippen LogP contribution in [0.5, 0.6) is 0 Å². The quantitative estimate of drug-likeness (QED) is 0.533. The molecule has 0 aliphatic carbocycles. The normalized spacial score (nSPS) is 13.1. The van der Waals surface area contributed by atoms with Gasteiger partial charge in [0.1, 0.15) is 0 Å². The zero-order valence-corrected chi connectivity index (χ0v) is 9.68. The highest BCUT2D eigenvalue weighted by Crippen LogP contribution is 2.07. The lowest BCUT2D eigenvalue weighted by molar-refractivity contribution is -0.145. The topological polar surface area (TPSA) is 63.6 Å². The van der Waals surface area contributed by atoms with Crippen LogP contribution in [0.25, 0.3) is 0 Å². The molecule has 0 radical (unpaired) electrons. The fourth-order valence-electron chi connectivity index (χ4n) is 1.09. The molecule has 0 fully saturated rings. The van der Waals surface area contributed by atoms with Gasteiger partial charge in [0.2, 0.25) is 0 Å². The molecule has 1 N–H and O–H groups in total. The Labute approximate surface area is 95.6 Å². The van der Waals surface area contributed by atoms with Gasteiger partial charge in [0.15, 0.2) is 0 Å². The Bertz CT molecular complexity index is 279. The van der Waals surface area contributed by atoms with E-state index >= 15 is 0 Å². The molecule has 0 rings (SSSR count). The largest absolute Gasteiger partial charge is 0.481 e. The number of rotatable bonds is 7. The average molecular weight is 226 g/mol. The van der Waals surface area contributed by atoms with E-state index in [9.17, 15) is 9.59 Å². The summed E-state index contributed by atoms with van der Waals surface area (Å²) >= 11 is 0. The summed E-state index contributed by atoms with van der Waals surface area (Å²) in [5, 5.41) is 8.35. The van der Waals surface area contributed by atoms with Gasteiger partial charge in [-0.1, -0.05) is 31.2 Å². The Morgan fingerprint density at radius 3 is 2.50 bits per heavy atom. The van der Waals surface area contributed by atoms with E-state index in [1.807, 2.05) is 13.0 Å². The number of methoxy groups -OCH3 is 1. The number of hydrogen-bond donors (Lipinski definition) is 1. The van der Waals surface area contributed by atoms with Gasteiger partial charge < -0.3 is 9.84 Å². The number of carboxylic acids is 1. The minimum Gasteiger partial charge on any atom is -0.481 e. The number of carboxylic acid groups (broad SMARTS) is 1. The van der Waals surface area contributed by atoms with E-state index in [2.05, 4.69) is 4.74 Å². The second-order valence-electron chi connectivity index (χ2n) is 3.46. The molecule has 1 unspecified atom stereocenters. The molecule has 0 amide bonds. The monoisotopic (exact) mass is 226 g/mol. The molecule has 1 atom stereocenters. The van der Waals surface area contributed by atoms with Crippen molar-refractivity contribution < 1.29 is 19.4 Å². The predicted molar refractivity (Wildman–Crippen MR) is 60.9 cm³/mol. The number of carbonyl (C=O) groups is 2. The maximum absolute atomic E-state index is 11.0. The summed E-state index contributed by atoms with van der Waals surface area (Å²) in [6, 6.07) is 0. The molecule has 0 aromatic heterocycles. The van der Waals surface area contributed by atoms with Gasteiger partial charge in [0.05, 0.1) is 19.4 Å². The number of carbonyl (C=O) groups excluding carboxylic acids is 1. The third-order valence-electron chi connectivity index (χ3n) is 2.05. The molecular weight excluding hydrogens is 208 g/mol. The van der Waals surface area contributed by atoms with Crippen molar-refractivity contribution in [3.63, 3.8) is 0 Å². The lowest BCUT2D eigenvalue weighted by Gasteiger charge is -2.05. The van der Waals surface area contributed by atoms with Crippen LogP contribution < -0.4 is 0 Å². The van der Waals surface area contributed by atoms with Crippen LogP contribution in [-0.2, 0) is 14.3 Å². The first kappa shape index (κ1) is 14.4. The van der Waals surface area contributed by atoms with E-state index in [-0.39, 0.29) is 18.3 Å². The minimum atomic E-state index is -0.844. The first-order chi connectivity index (χ1) is 7.57. The van der Waals surface area contributed by atoms with Crippen LogP contribution in [0, 0.1) is 5.92 Å². The van der Waals surface area contributed by atoms with Gasteiger partial charge in [0.25, 0.3) is 0 Å². The van der Waals surface area contributed by atoms with E-state index in [0.717, 1.165) is 12.8 Å². The lowest BCUT2D eigenvalue weighted by atomic mass is 10.1. The van der Waals surface area contributed by atoms with Gasteiger partial charge in [-0.3, -0.25) is 9.59 Å². The Kier molecular flexibility index (Phi) is 7.85. The highest BCUT2D eigenvalue weighted by molar-refractivity contribution is 5.71. The summed E-state index contributed by atoms with van der Waals surface area (Å²) in [7, 11) is 1.38. The summed E-state index contributed by atoms with van der Waals surface area (Å²) in [5.41, 5.74) is 0. The second-order valence-corrected chi connectivity index (χ2v) is 3.46. The lowest BCUT2D eigenvalue weighted by Crippen LogP contribution is -2.11. The summed E-state index contributed by atoms with van der Waals surface area (Å²) in [5.74, 6) is -1.14. The van der Waals surface area contributed by atoms with Crippen LogP contribution in [0.3, 0.4) is 0 Å². The van der Waals surface area contributed by atoms with Gasteiger partial charge in [-0.2, -0.15) is 0 Å². The molecule has 0 saturated carbocycles. The number of aliphatic carboxylic acids is 1. The van der Waals surface area contributed by atoms with Crippen molar-refractivity contribution in [1.82, 2.24) is 0 Å². The van der Waals surface area contributed by atoms with E-state index in [1.165, 1.54) is 7.11 Å². The minimum absolute atomic E-state index is 0.0307. The van der Waals surface area contributed by atoms with Crippen LogP contribution in [0.2, 0.25) is 0 Å². The molecular formula is C12H18O4. The van der Waals surface area contributed by atoms with Crippen molar-refractivity contribution in [2.75, 3.05) is 7.11 Å². The highest BCUT2D eigenvalue weighted by Gasteiger charge is 2.10. The summed E-state index contributed by atoms with van der Waals surface area (Å²) in [4.78, 5) is 21.2. The van der Waals surface area contributed by atoms with Crippen molar-refractivity contribution in [2.24, 2.45) is 5.92 Å². The van der Waals surface area contributed by atoms with Crippen molar-refractivity contribution in [3.8, 4) is 0 Å². The molecule has 0 bridgehead atoms. The number of hydrogen-bond acceptors (Lipinski definition) is 3. The number of allylic oxidation sites excluding steroid dienone is 3. The summed E-state index contributed by atoms with van der Waals surface area (Å²) in [6.07, 6.45) is 8.48. The maximum atomic E-state index is 11.0. The van der Waals surface area contributed by atoms with E-state index < -0.39 is 5.97 Å². The SMILES string of the molecule is COC(=O)C(C)CC/C=C/C=C/CC(=O)O. The van der Waals surface area contributed by atoms with Crippen LogP contribution >= 0.6 is 0 Å². The van der Waals surface area contributed by atoms with Crippen molar-refractivity contribution in [3.05, 3.63) is 24.3 Å². The molecule has 4 heteroatoms. The van der Waals surface area contributed by atoms with E-state index in [4.69, 9.17) is 5.11 Å². The Hall–Kier alpha value is -1.58. The van der Waals surface area contributed by atoms with Crippen LogP contribution in [-0.4, -0.2) is 24.2 Å². The van der Waals surface area contributed by atoms with E-state index in [1.54, 1.807) is 18.2 Å². The average Bonchev–Trinajstić information content (AvgIpc) is 2.25. The molecule has 4 nitrogen and oxygen atoms in total. The molecule has 0 aliphatic heterocycles. The van der Waals surface area contributed by atoms with Gasteiger partial charge in [-0.25, -0.2) is 0 Å². The van der Waals surface area contributed by atoms with Crippen LogP contribution in [0.4, 0.5) is 0 Å². The first-order valence-corrected chi connectivity index (χ1v) is 5.19. The van der Waals surface area contributed by atoms with Crippen LogP contribution in [0.1, 0.15) is 26.2 Å². The third kappa shape index (κ3) is 7.79. The molecule has 0 heterocycles. The maximum Gasteiger partial charge on any atom is 0.308 e. The standard InChI is InChI=1S/C12H18O4/c1-10(12(15)16-2)8-6-4-3-5-7-9-11(13)14/h3-5,7,10H,6,8-9H2,1-2H3,(H,13,14)/b4-3+,7-5+. The zero-order chi connectivity index (χ0) is 12.4. The fraction of sp³-hybridized carbons (Fsp3) is 0.500. The Balaban J connectivity index is 3.65. The summed E-state index contributed by atoms with van der Waals surface area (Å²) < 4.78 is 4.59. The third-order valence-corrected chi connectivity index (χ3v) is 2.05. The highest BCUT2D eigenvalue weighted by atomic mass is 16.5. The van der Waals surface area contributed by atoms with Gasteiger partial charge in [-0.05, 0) is 12.8 Å². The molecule has 0 saturated heterocycles. The molecule has 16 heavy (non-hydrogen) atoms. The van der Waals surface area contributed by atoms with E-state index in [0.29, 0.717) is 0 Å². The van der Waals surface area contributed by atoms with Crippen LogP contribution in [0.15, 0.2) is 24.3 Å². The molecule has 0 spiro atoms. The second kappa shape index (κ2) is 8.71. The van der Waals surface area contributed by atoms with Crippen molar-refractivity contribution >= 4 is 11.9 Å². The Morgan fingerprint density at radius 1 is 1.31 bits per heavy atom. The van der Waals surface area contributed by atoms with Gasteiger partial charge >= 0.3 is 11.9 Å². The van der Waals surface area contributed by atoms with Gasteiger partial charge in [-0.15, -0.1) is 0 Å². The molecule has 0 aromatic rings. The fourth-order valence-corrected chi connectivity index (χ4v) is 1.09. The predicted octanol–water partition coefficient (Wildman–Crippen LogP) is 2.16. The molecule has 0 aromatic carbocycles. The number of ether oxygens (including phenoxy) is 1. The number of esters is 1. The Morgan fingerprint density at radius 2 is 1.94 bits per heavy atom. The summed E-state index contributed by atoms with van der Waals surface area (Å²) in [6.45, 7) is 1.82. The van der Waals surface area contributed by atoms with Crippen molar-refractivity contribution in [2.45, 2.75) is 26.2 Å². The zero-order valence-electron chi connectivity index (χ0n) is 9.68. The molecule has 0 aliphatic rings. The van der Waals surface area contributed by atoms with Gasteiger partial charge in [0, 0.05) is 0 Å².